The first-order chi connectivity index (χ1) is 12.1. The number of benzene rings is 3. The smallest absolute Gasteiger partial charge is 0.193 e. The molecular formula is C24H20O. The second-order valence-electron chi connectivity index (χ2n) is 6.76. The van der Waals surface area contributed by atoms with Crippen LogP contribution in [-0.4, -0.2) is 5.78 Å². The van der Waals surface area contributed by atoms with E-state index in [0.29, 0.717) is 0 Å². The van der Waals surface area contributed by atoms with Gasteiger partial charge in [0.15, 0.2) is 5.78 Å². The molecule has 0 fully saturated rings. The minimum Gasteiger partial charge on any atom is -0.289 e. The highest BCUT2D eigenvalue weighted by atomic mass is 16.1. The van der Waals surface area contributed by atoms with Crippen molar-refractivity contribution in [2.45, 2.75) is 19.8 Å². The maximum absolute atomic E-state index is 13.2. The summed E-state index contributed by atoms with van der Waals surface area (Å²) < 4.78 is 0. The average Bonchev–Trinajstić information content (AvgIpc) is 2.98. The first-order valence-corrected chi connectivity index (χ1v) is 8.62. The van der Waals surface area contributed by atoms with Crippen LogP contribution in [0.3, 0.4) is 0 Å². The van der Waals surface area contributed by atoms with E-state index in [4.69, 9.17) is 0 Å². The maximum Gasteiger partial charge on any atom is 0.193 e. The fourth-order valence-electron chi connectivity index (χ4n) is 3.68. The predicted molar refractivity (Wildman–Crippen MR) is 104 cm³/mol. The van der Waals surface area contributed by atoms with E-state index >= 15 is 0 Å². The van der Waals surface area contributed by atoms with Crippen LogP contribution in [0, 0.1) is 0 Å². The molecule has 0 saturated carbocycles. The van der Waals surface area contributed by atoms with Crippen molar-refractivity contribution in [2.24, 2.45) is 0 Å². The lowest BCUT2D eigenvalue weighted by molar-refractivity contribution is 0.103. The lowest BCUT2D eigenvalue weighted by Crippen LogP contribution is -2.08. The van der Waals surface area contributed by atoms with E-state index in [0.717, 1.165) is 22.1 Å². The molecule has 1 nitrogen and oxygen atoms in total. The Balaban J connectivity index is 1.94. The Morgan fingerprint density at radius 3 is 2.12 bits per heavy atom. The molecule has 3 aromatic carbocycles. The van der Waals surface area contributed by atoms with Crippen molar-refractivity contribution in [3.05, 3.63) is 107 Å². The molecule has 0 saturated heterocycles. The van der Waals surface area contributed by atoms with E-state index in [1.54, 1.807) is 0 Å². The summed E-state index contributed by atoms with van der Waals surface area (Å²) in [4.78, 5) is 13.2. The van der Waals surface area contributed by atoms with Crippen molar-refractivity contribution in [3.8, 4) is 0 Å². The summed E-state index contributed by atoms with van der Waals surface area (Å²) in [6, 6.07) is 22.0. The average molecular weight is 324 g/mol. The van der Waals surface area contributed by atoms with Crippen molar-refractivity contribution < 1.29 is 4.79 Å². The van der Waals surface area contributed by atoms with Gasteiger partial charge in [0, 0.05) is 17.0 Å². The molecular weight excluding hydrogens is 304 g/mol. The number of hydrogen-bond donors (Lipinski definition) is 0. The quantitative estimate of drug-likeness (QED) is 0.535. The van der Waals surface area contributed by atoms with E-state index in [1.807, 2.05) is 42.5 Å². The lowest BCUT2D eigenvalue weighted by Gasteiger charge is -2.17. The van der Waals surface area contributed by atoms with Crippen molar-refractivity contribution in [2.75, 3.05) is 0 Å². The topological polar surface area (TPSA) is 17.1 Å². The molecule has 1 heteroatoms. The van der Waals surface area contributed by atoms with Crippen molar-refractivity contribution >= 4 is 16.6 Å². The molecule has 0 spiro atoms. The van der Waals surface area contributed by atoms with Crippen LogP contribution in [0.5, 0.6) is 0 Å². The normalized spacial score (nSPS) is 16.6. The molecule has 0 aromatic heterocycles. The molecule has 1 aliphatic rings. The summed E-state index contributed by atoms with van der Waals surface area (Å²) >= 11 is 0. The Morgan fingerprint density at radius 2 is 1.48 bits per heavy atom. The molecule has 25 heavy (non-hydrogen) atoms. The first kappa shape index (κ1) is 15.6. The van der Waals surface area contributed by atoms with E-state index in [2.05, 4.69) is 50.3 Å². The van der Waals surface area contributed by atoms with E-state index in [9.17, 15) is 4.79 Å². The van der Waals surface area contributed by atoms with Crippen molar-refractivity contribution in [1.82, 2.24) is 0 Å². The van der Waals surface area contributed by atoms with Gasteiger partial charge in [0.25, 0.3) is 0 Å². The summed E-state index contributed by atoms with van der Waals surface area (Å²) in [7, 11) is 0. The third kappa shape index (κ3) is 2.83. The molecule has 0 N–H and O–H groups in total. The highest BCUT2D eigenvalue weighted by molar-refractivity contribution is 6.12. The summed E-state index contributed by atoms with van der Waals surface area (Å²) in [5, 5.41) is 2.28. The SMILES string of the molecule is CC1=CC(c2cc3ccccc3cc2C(=O)c2ccccc2)C(C)=C1. The Kier molecular flexibility index (Phi) is 3.85. The van der Waals surface area contributed by atoms with Gasteiger partial charge in [0.05, 0.1) is 0 Å². The Labute approximate surface area is 148 Å². The molecule has 1 atom stereocenters. The van der Waals surface area contributed by atoms with Crippen molar-refractivity contribution in [1.29, 1.82) is 0 Å². The van der Waals surface area contributed by atoms with Gasteiger partial charge in [-0.2, -0.15) is 0 Å². The minimum atomic E-state index is 0.0899. The van der Waals surface area contributed by atoms with Gasteiger partial charge in [-0.15, -0.1) is 0 Å². The fourth-order valence-corrected chi connectivity index (χ4v) is 3.68. The van der Waals surface area contributed by atoms with Crippen LogP contribution in [0.4, 0.5) is 0 Å². The van der Waals surface area contributed by atoms with Crippen LogP contribution in [-0.2, 0) is 0 Å². The highest BCUT2D eigenvalue weighted by Gasteiger charge is 2.23. The van der Waals surface area contributed by atoms with Gasteiger partial charge in [-0.1, -0.05) is 77.9 Å². The fraction of sp³-hybridized carbons (Fsp3) is 0.125. The monoisotopic (exact) mass is 324 g/mol. The number of carbonyl (C=O) groups is 1. The van der Waals surface area contributed by atoms with Crippen LogP contribution >= 0.6 is 0 Å². The van der Waals surface area contributed by atoms with Crippen LogP contribution < -0.4 is 0 Å². The van der Waals surface area contributed by atoms with E-state index in [1.165, 1.54) is 16.5 Å². The number of rotatable bonds is 3. The third-order valence-electron chi connectivity index (χ3n) is 4.91. The zero-order valence-electron chi connectivity index (χ0n) is 14.5. The number of carbonyl (C=O) groups excluding carboxylic acids is 1. The molecule has 1 aliphatic carbocycles. The Hall–Kier alpha value is -2.93. The molecule has 1 unspecified atom stereocenters. The van der Waals surface area contributed by atoms with Gasteiger partial charge >= 0.3 is 0 Å². The number of allylic oxidation sites excluding steroid dienone is 4. The lowest BCUT2D eigenvalue weighted by atomic mass is 9.86. The molecule has 0 amide bonds. The summed E-state index contributed by atoms with van der Waals surface area (Å²) in [6.07, 6.45) is 4.46. The first-order valence-electron chi connectivity index (χ1n) is 8.62. The van der Waals surface area contributed by atoms with Gasteiger partial charge in [0.1, 0.15) is 0 Å². The van der Waals surface area contributed by atoms with E-state index in [-0.39, 0.29) is 11.7 Å². The Bertz CT molecular complexity index is 1020. The van der Waals surface area contributed by atoms with E-state index < -0.39 is 0 Å². The third-order valence-corrected chi connectivity index (χ3v) is 4.91. The molecule has 4 rings (SSSR count). The second kappa shape index (κ2) is 6.18. The molecule has 0 bridgehead atoms. The van der Waals surface area contributed by atoms with Crippen LogP contribution in [0.15, 0.2) is 90.0 Å². The van der Waals surface area contributed by atoms with Crippen molar-refractivity contribution in [3.63, 3.8) is 0 Å². The summed E-state index contributed by atoms with van der Waals surface area (Å²) in [5.74, 6) is 0.263. The largest absolute Gasteiger partial charge is 0.289 e. The zero-order chi connectivity index (χ0) is 17.4. The second-order valence-corrected chi connectivity index (χ2v) is 6.76. The standard InChI is InChI=1S/C24H20O/c1-16-12-17(2)21(13-16)22-14-19-10-6-7-11-20(19)15-23(22)24(25)18-8-4-3-5-9-18/h3-15,21H,1-2H3. The summed E-state index contributed by atoms with van der Waals surface area (Å²) in [6.45, 7) is 4.26. The maximum atomic E-state index is 13.2. The predicted octanol–water partition coefficient (Wildman–Crippen LogP) is 6.06. The molecule has 0 heterocycles. The van der Waals surface area contributed by atoms with Crippen LogP contribution in [0.1, 0.15) is 41.3 Å². The van der Waals surface area contributed by atoms with Gasteiger partial charge in [-0.3, -0.25) is 4.79 Å². The molecule has 0 aliphatic heterocycles. The molecule has 0 radical (unpaired) electrons. The number of fused-ring (bicyclic) bond motifs is 1. The zero-order valence-corrected chi connectivity index (χ0v) is 14.5. The van der Waals surface area contributed by atoms with Crippen LogP contribution in [0.2, 0.25) is 0 Å². The van der Waals surface area contributed by atoms with Crippen LogP contribution in [0.25, 0.3) is 10.8 Å². The minimum absolute atomic E-state index is 0.0899. The van der Waals surface area contributed by atoms with Gasteiger partial charge < -0.3 is 0 Å². The highest BCUT2D eigenvalue weighted by Crippen LogP contribution is 2.37. The molecule has 3 aromatic rings. The van der Waals surface area contributed by atoms with Gasteiger partial charge in [0.2, 0.25) is 0 Å². The number of hydrogen-bond acceptors (Lipinski definition) is 1. The van der Waals surface area contributed by atoms with Gasteiger partial charge in [-0.25, -0.2) is 0 Å². The molecule has 122 valence electrons. The number of ketones is 1. The van der Waals surface area contributed by atoms with Gasteiger partial charge in [-0.05, 0) is 42.3 Å². The summed E-state index contributed by atoms with van der Waals surface area (Å²) in [5.41, 5.74) is 5.18. The Morgan fingerprint density at radius 1 is 0.840 bits per heavy atom.